The van der Waals surface area contributed by atoms with E-state index in [-0.39, 0.29) is 24.5 Å². The fourth-order valence-electron chi connectivity index (χ4n) is 4.65. The Morgan fingerprint density at radius 3 is 2.18 bits per heavy atom. The van der Waals surface area contributed by atoms with Gasteiger partial charge in [-0.05, 0) is 17.7 Å². The third-order valence-corrected chi connectivity index (χ3v) is 6.45. The summed E-state index contributed by atoms with van der Waals surface area (Å²) in [5, 5.41) is 0. The molecule has 0 spiro atoms. The van der Waals surface area contributed by atoms with E-state index in [0.717, 1.165) is 5.56 Å². The number of benzene rings is 2. The highest BCUT2D eigenvalue weighted by Gasteiger charge is 2.37. The van der Waals surface area contributed by atoms with Crippen molar-refractivity contribution >= 4 is 11.8 Å². The van der Waals surface area contributed by atoms with Crippen LogP contribution in [0.15, 0.2) is 54.6 Å². The number of amides is 2. The molecule has 5 rings (SSSR count). The van der Waals surface area contributed by atoms with Gasteiger partial charge in [-0.2, -0.15) is 0 Å². The topological polar surface area (TPSA) is 71.6 Å². The SMILES string of the molecule is O=C([C@@H]1COc2ccccc2O1)N1CCN([C@@H](C(=O)N2CCOCC2)c2ccccc2)CC1. The van der Waals surface area contributed by atoms with Crippen molar-refractivity contribution in [1.29, 1.82) is 0 Å². The number of para-hydroxylation sites is 2. The van der Waals surface area contributed by atoms with Crippen molar-refractivity contribution in [1.82, 2.24) is 14.7 Å². The number of carbonyl (C=O) groups excluding carboxylic acids is 2. The minimum absolute atomic E-state index is 0.0695. The molecule has 3 aliphatic rings. The van der Waals surface area contributed by atoms with Crippen LogP contribution < -0.4 is 9.47 Å². The van der Waals surface area contributed by atoms with Gasteiger partial charge >= 0.3 is 0 Å². The third-order valence-electron chi connectivity index (χ3n) is 6.45. The van der Waals surface area contributed by atoms with Gasteiger partial charge in [0.2, 0.25) is 12.0 Å². The number of hydrogen-bond donors (Lipinski definition) is 0. The van der Waals surface area contributed by atoms with Crippen LogP contribution in [0.3, 0.4) is 0 Å². The van der Waals surface area contributed by atoms with Crippen molar-refractivity contribution in [2.75, 3.05) is 59.1 Å². The normalized spacial score (nSPS) is 22.0. The highest BCUT2D eigenvalue weighted by atomic mass is 16.6. The van der Waals surface area contributed by atoms with Gasteiger partial charge in [-0.3, -0.25) is 14.5 Å². The molecule has 174 valence electrons. The minimum Gasteiger partial charge on any atom is -0.485 e. The van der Waals surface area contributed by atoms with Crippen LogP contribution in [0.1, 0.15) is 11.6 Å². The first-order valence-electron chi connectivity index (χ1n) is 11.5. The first-order valence-corrected chi connectivity index (χ1v) is 11.5. The average molecular weight is 452 g/mol. The molecule has 2 aromatic rings. The Balaban J connectivity index is 1.25. The van der Waals surface area contributed by atoms with E-state index in [0.29, 0.717) is 64.0 Å². The second-order valence-electron chi connectivity index (χ2n) is 8.48. The van der Waals surface area contributed by atoms with Crippen molar-refractivity contribution < 1.29 is 23.8 Å². The van der Waals surface area contributed by atoms with E-state index in [9.17, 15) is 9.59 Å². The lowest BCUT2D eigenvalue weighted by atomic mass is 10.0. The summed E-state index contributed by atoms with van der Waals surface area (Å²) < 4.78 is 17.1. The Labute approximate surface area is 193 Å². The van der Waals surface area contributed by atoms with Crippen molar-refractivity contribution in [3.8, 4) is 11.5 Å². The lowest BCUT2D eigenvalue weighted by Gasteiger charge is -2.41. The maximum absolute atomic E-state index is 13.5. The molecule has 8 nitrogen and oxygen atoms in total. The molecular formula is C25H29N3O5. The van der Waals surface area contributed by atoms with Crippen LogP contribution in [0.2, 0.25) is 0 Å². The van der Waals surface area contributed by atoms with Crippen molar-refractivity contribution in [2.45, 2.75) is 12.1 Å². The molecule has 0 radical (unpaired) electrons. The Hall–Kier alpha value is -3.10. The summed E-state index contributed by atoms with van der Waals surface area (Å²) in [4.78, 5) is 32.5. The standard InChI is InChI=1S/C25H29N3O5/c29-24(22-18-32-20-8-4-5-9-21(20)33-22)27-12-10-26(11-13-27)23(19-6-2-1-3-7-19)25(30)28-14-16-31-17-15-28/h1-9,22-23H,10-18H2/t22-,23+/m0/s1. The van der Waals surface area contributed by atoms with E-state index >= 15 is 0 Å². The molecule has 2 amide bonds. The second kappa shape index (κ2) is 9.80. The van der Waals surface area contributed by atoms with Gasteiger partial charge in [0.25, 0.3) is 5.91 Å². The van der Waals surface area contributed by atoms with E-state index in [2.05, 4.69) is 4.90 Å². The van der Waals surface area contributed by atoms with Gasteiger partial charge in [-0.1, -0.05) is 42.5 Å². The van der Waals surface area contributed by atoms with Crippen LogP contribution in [-0.2, 0) is 14.3 Å². The lowest BCUT2D eigenvalue weighted by molar-refractivity contribution is -0.146. The third kappa shape index (κ3) is 4.67. The minimum atomic E-state index is -0.647. The summed E-state index contributed by atoms with van der Waals surface area (Å²) in [6.07, 6.45) is -0.647. The number of morpholine rings is 1. The zero-order valence-corrected chi connectivity index (χ0v) is 18.6. The maximum Gasteiger partial charge on any atom is 0.267 e. The summed E-state index contributed by atoms with van der Waals surface area (Å²) in [6, 6.07) is 16.9. The first kappa shape index (κ1) is 21.7. The first-order chi connectivity index (χ1) is 16.2. The summed E-state index contributed by atoms with van der Waals surface area (Å²) in [7, 11) is 0. The van der Waals surface area contributed by atoms with Crippen LogP contribution >= 0.6 is 0 Å². The Morgan fingerprint density at radius 1 is 0.788 bits per heavy atom. The monoisotopic (exact) mass is 451 g/mol. The van der Waals surface area contributed by atoms with E-state index in [4.69, 9.17) is 14.2 Å². The molecule has 3 aliphatic heterocycles. The van der Waals surface area contributed by atoms with Gasteiger partial charge in [0.05, 0.1) is 13.2 Å². The van der Waals surface area contributed by atoms with Crippen molar-refractivity contribution in [2.24, 2.45) is 0 Å². The Bertz CT molecular complexity index is 971. The van der Waals surface area contributed by atoms with Gasteiger partial charge in [0.15, 0.2) is 11.5 Å². The predicted octanol–water partition coefficient (Wildman–Crippen LogP) is 1.57. The number of rotatable bonds is 4. The maximum atomic E-state index is 13.5. The quantitative estimate of drug-likeness (QED) is 0.703. The smallest absolute Gasteiger partial charge is 0.267 e. The number of ether oxygens (including phenoxy) is 3. The number of fused-ring (bicyclic) bond motifs is 1. The summed E-state index contributed by atoms with van der Waals surface area (Å²) in [5.41, 5.74) is 0.981. The molecule has 0 N–H and O–H groups in total. The summed E-state index contributed by atoms with van der Waals surface area (Å²) in [6.45, 7) is 4.89. The summed E-state index contributed by atoms with van der Waals surface area (Å²) in [5.74, 6) is 1.30. The number of hydrogen-bond acceptors (Lipinski definition) is 6. The van der Waals surface area contributed by atoms with E-state index in [1.807, 2.05) is 64.4 Å². The second-order valence-corrected chi connectivity index (χ2v) is 8.48. The van der Waals surface area contributed by atoms with E-state index in [1.54, 1.807) is 0 Å². The molecule has 2 aromatic carbocycles. The molecule has 0 saturated carbocycles. The van der Waals surface area contributed by atoms with Gasteiger partial charge in [0, 0.05) is 39.3 Å². The lowest BCUT2D eigenvalue weighted by Crippen LogP contribution is -2.56. The van der Waals surface area contributed by atoms with Crippen molar-refractivity contribution in [3.63, 3.8) is 0 Å². The molecule has 33 heavy (non-hydrogen) atoms. The molecule has 2 saturated heterocycles. The predicted molar refractivity (Wildman–Crippen MR) is 121 cm³/mol. The average Bonchev–Trinajstić information content (AvgIpc) is 2.89. The number of carbonyl (C=O) groups is 2. The molecule has 8 heteroatoms. The molecule has 0 bridgehead atoms. The zero-order chi connectivity index (χ0) is 22.6. The molecular weight excluding hydrogens is 422 g/mol. The van der Waals surface area contributed by atoms with Gasteiger partial charge in [0.1, 0.15) is 12.6 Å². The van der Waals surface area contributed by atoms with Crippen LogP contribution in [-0.4, -0.2) is 91.7 Å². The van der Waals surface area contributed by atoms with Crippen LogP contribution in [0.4, 0.5) is 0 Å². The van der Waals surface area contributed by atoms with E-state index in [1.165, 1.54) is 0 Å². The number of piperazine rings is 1. The fraction of sp³-hybridized carbons (Fsp3) is 0.440. The van der Waals surface area contributed by atoms with Crippen molar-refractivity contribution in [3.05, 3.63) is 60.2 Å². The Morgan fingerprint density at radius 2 is 1.45 bits per heavy atom. The molecule has 3 heterocycles. The van der Waals surface area contributed by atoms with Crippen LogP contribution in [0, 0.1) is 0 Å². The highest BCUT2D eigenvalue weighted by molar-refractivity contribution is 5.84. The molecule has 2 atom stereocenters. The number of nitrogens with zero attached hydrogens (tertiary/aromatic N) is 3. The Kier molecular flexibility index (Phi) is 6.46. The molecule has 2 fully saturated rings. The highest BCUT2D eigenvalue weighted by Crippen LogP contribution is 2.32. The van der Waals surface area contributed by atoms with Crippen LogP contribution in [0.25, 0.3) is 0 Å². The fourth-order valence-corrected chi connectivity index (χ4v) is 4.65. The van der Waals surface area contributed by atoms with E-state index < -0.39 is 6.10 Å². The van der Waals surface area contributed by atoms with Crippen LogP contribution in [0.5, 0.6) is 11.5 Å². The zero-order valence-electron chi connectivity index (χ0n) is 18.6. The molecule has 0 aliphatic carbocycles. The van der Waals surface area contributed by atoms with Gasteiger partial charge in [-0.25, -0.2) is 0 Å². The molecule has 0 aromatic heterocycles. The largest absolute Gasteiger partial charge is 0.485 e. The summed E-state index contributed by atoms with van der Waals surface area (Å²) >= 11 is 0. The van der Waals surface area contributed by atoms with Gasteiger partial charge in [-0.15, -0.1) is 0 Å². The van der Waals surface area contributed by atoms with Gasteiger partial charge < -0.3 is 24.0 Å². The molecule has 0 unspecified atom stereocenters.